The maximum atomic E-state index is 13.9. The number of ketones is 2. The van der Waals surface area contributed by atoms with E-state index in [1.54, 1.807) is 31.3 Å². The van der Waals surface area contributed by atoms with Crippen LogP contribution in [0.15, 0.2) is 64.5 Å². The molecule has 0 radical (unpaired) electrons. The Hall–Kier alpha value is -3.96. The Morgan fingerprint density at radius 2 is 1.98 bits per heavy atom. The predicted molar refractivity (Wildman–Crippen MR) is 165 cm³/mol. The molecular formula is C32H44N6O5. The third-order valence-electron chi connectivity index (χ3n) is 8.35. The number of carbonyl (C=O) groups is 3. The molecule has 0 spiro atoms. The fraction of sp³-hybridized carbons (Fsp3) is 0.500. The smallest absolute Gasteiger partial charge is 0.350 e. The van der Waals surface area contributed by atoms with Crippen LogP contribution < -0.4 is 27.4 Å². The van der Waals surface area contributed by atoms with E-state index in [9.17, 15) is 14.4 Å². The van der Waals surface area contributed by atoms with Crippen LogP contribution in [0.1, 0.15) is 66.7 Å². The van der Waals surface area contributed by atoms with Crippen molar-refractivity contribution >= 4 is 23.5 Å². The van der Waals surface area contributed by atoms with Gasteiger partial charge < -0.3 is 36.9 Å². The van der Waals surface area contributed by atoms with Crippen molar-refractivity contribution in [3.05, 3.63) is 70.6 Å². The van der Waals surface area contributed by atoms with E-state index in [0.29, 0.717) is 25.3 Å². The highest BCUT2D eigenvalue weighted by Gasteiger charge is 2.85. The van der Waals surface area contributed by atoms with Crippen LogP contribution in [-0.2, 0) is 14.3 Å². The molecule has 43 heavy (non-hydrogen) atoms. The lowest BCUT2D eigenvalue weighted by atomic mass is 9.72. The van der Waals surface area contributed by atoms with Gasteiger partial charge in [-0.3, -0.25) is 14.6 Å². The number of benzene rings is 1. The minimum absolute atomic E-state index is 0.0330. The molecule has 4 unspecified atom stereocenters. The molecule has 1 aromatic carbocycles. The molecule has 1 aromatic rings. The van der Waals surface area contributed by atoms with Crippen molar-refractivity contribution in [1.29, 1.82) is 0 Å². The summed E-state index contributed by atoms with van der Waals surface area (Å²) >= 11 is 0. The number of nitrogens with two attached hydrogens (primary N) is 2. The maximum Gasteiger partial charge on any atom is 0.350 e. The lowest BCUT2D eigenvalue weighted by molar-refractivity contribution is -0.149. The summed E-state index contributed by atoms with van der Waals surface area (Å²) in [6.07, 6.45) is 9.11. The summed E-state index contributed by atoms with van der Waals surface area (Å²) in [5, 5.41) is 9.41. The fourth-order valence-electron chi connectivity index (χ4n) is 5.89. The number of Topliss-reactive ketones (excluding diaryl/α,β-unsaturated/α-hetero) is 2. The number of guanidine groups is 1. The van der Waals surface area contributed by atoms with Gasteiger partial charge in [0.1, 0.15) is 0 Å². The summed E-state index contributed by atoms with van der Waals surface area (Å²) < 4.78 is 11.8. The van der Waals surface area contributed by atoms with Crippen LogP contribution in [0, 0.1) is 5.92 Å². The number of rotatable bonds is 14. The van der Waals surface area contributed by atoms with Gasteiger partial charge in [0.05, 0.1) is 18.5 Å². The molecule has 11 nitrogen and oxygen atoms in total. The summed E-state index contributed by atoms with van der Waals surface area (Å²) in [5.74, 6) is -0.841. The lowest BCUT2D eigenvalue weighted by Crippen LogP contribution is -2.50. The summed E-state index contributed by atoms with van der Waals surface area (Å²) in [6, 6.07) is 6.29. The van der Waals surface area contributed by atoms with E-state index in [-0.39, 0.29) is 42.1 Å². The lowest BCUT2D eigenvalue weighted by Gasteiger charge is -2.25. The van der Waals surface area contributed by atoms with E-state index in [0.717, 1.165) is 30.4 Å². The average Bonchev–Trinajstić information content (AvgIpc) is 3.72. The Bertz CT molecular complexity index is 1370. The molecule has 4 rings (SSSR count). The first-order chi connectivity index (χ1) is 20.6. The van der Waals surface area contributed by atoms with Gasteiger partial charge in [-0.2, -0.15) is 0 Å². The highest BCUT2D eigenvalue weighted by Crippen LogP contribution is 2.58. The Labute approximate surface area is 253 Å². The van der Waals surface area contributed by atoms with Crippen LogP contribution >= 0.6 is 0 Å². The third-order valence-corrected chi connectivity index (χ3v) is 8.35. The van der Waals surface area contributed by atoms with Crippen LogP contribution in [0.25, 0.3) is 0 Å². The van der Waals surface area contributed by atoms with Gasteiger partial charge in [-0.25, -0.2) is 4.79 Å². The number of aliphatic imine (C=N–C) groups is 1. The zero-order chi connectivity index (χ0) is 31.2. The molecule has 1 fully saturated rings. The first-order valence-electron chi connectivity index (χ1n) is 14.9. The third kappa shape index (κ3) is 6.37. The van der Waals surface area contributed by atoms with Crippen molar-refractivity contribution in [3.63, 3.8) is 0 Å². The van der Waals surface area contributed by atoms with E-state index >= 15 is 0 Å². The maximum absolute atomic E-state index is 13.9. The molecule has 11 heteroatoms. The minimum atomic E-state index is -2.00. The Kier molecular flexibility index (Phi) is 10.1. The van der Waals surface area contributed by atoms with Gasteiger partial charge in [0, 0.05) is 43.6 Å². The zero-order valence-corrected chi connectivity index (χ0v) is 25.5. The van der Waals surface area contributed by atoms with Gasteiger partial charge in [-0.05, 0) is 38.5 Å². The van der Waals surface area contributed by atoms with E-state index in [1.165, 1.54) is 0 Å². The summed E-state index contributed by atoms with van der Waals surface area (Å²) in [7, 11) is 3.44. The molecule has 2 heterocycles. The molecule has 3 aliphatic rings. The Balaban J connectivity index is 1.60. The van der Waals surface area contributed by atoms with Crippen LogP contribution in [0.5, 0.6) is 0 Å². The number of nitrogens with zero attached hydrogens (tertiary/aromatic N) is 1. The molecule has 1 aliphatic carbocycles. The Morgan fingerprint density at radius 3 is 2.63 bits per heavy atom. The number of ether oxygens (including phenoxy) is 2. The van der Waals surface area contributed by atoms with Crippen molar-refractivity contribution in [2.45, 2.75) is 63.2 Å². The van der Waals surface area contributed by atoms with Crippen molar-refractivity contribution in [2.75, 3.05) is 33.8 Å². The van der Waals surface area contributed by atoms with Crippen LogP contribution in [-0.4, -0.2) is 74.5 Å². The minimum Gasteiger partial charge on any atom is -0.463 e. The number of esters is 1. The molecule has 7 N–H and O–H groups in total. The second-order valence-corrected chi connectivity index (χ2v) is 11.4. The number of unbranched alkanes of at least 4 members (excludes halogenated alkanes) is 1. The SMILES string of the molecule is CCCCC(CNC)COC(=O)C12OC1(CC=C(C)CC(NC(N)=NC)C1=CCNC(N)=C1)C(=O)c1ccccc1C2=O. The van der Waals surface area contributed by atoms with Crippen molar-refractivity contribution in [2.24, 2.45) is 22.4 Å². The molecule has 0 bridgehead atoms. The first kappa shape index (κ1) is 32.0. The second-order valence-electron chi connectivity index (χ2n) is 11.4. The average molecular weight is 593 g/mol. The Morgan fingerprint density at radius 1 is 1.26 bits per heavy atom. The van der Waals surface area contributed by atoms with Gasteiger partial charge in [-0.1, -0.05) is 61.8 Å². The van der Waals surface area contributed by atoms with Gasteiger partial charge in [0.2, 0.25) is 5.78 Å². The highest BCUT2D eigenvalue weighted by molar-refractivity contribution is 6.32. The second kappa shape index (κ2) is 13.6. The fourth-order valence-corrected chi connectivity index (χ4v) is 5.89. The predicted octanol–water partition coefficient (Wildman–Crippen LogP) is 2.10. The van der Waals surface area contributed by atoms with Gasteiger partial charge >= 0.3 is 5.97 Å². The molecule has 1 saturated heterocycles. The molecule has 232 valence electrons. The van der Waals surface area contributed by atoms with Gasteiger partial charge in [0.25, 0.3) is 5.60 Å². The summed E-state index contributed by atoms with van der Waals surface area (Å²) in [6.45, 7) is 5.40. The number of epoxide rings is 1. The normalized spacial score (nSPS) is 24.6. The molecule has 4 atom stereocenters. The number of dihydropyridines is 1. The van der Waals surface area contributed by atoms with E-state index in [2.05, 4.69) is 27.9 Å². The standard InChI is InChI=1S/C32H44N6O5/c1-5-6-9-21(18-35-3)19-42-29(41)32-28(40)24-11-8-7-10-23(24)27(39)31(32,43-32)14-12-20(2)16-25(38-30(34)36-4)22-13-15-37-26(33)17-22/h7-8,10-13,17,21,25,35,37H,5-6,9,14-16,18-19,33H2,1-4H3,(H3,34,36,38). The molecule has 0 amide bonds. The number of hydrogen-bond acceptors (Lipinski definition) is 9. The van der Waals surface area contributed by atoms with Crippen LogP contribution in [0.3, 0.4) is 0 Å². The van der Waals surface area contributed by atoms with Crippen molar-refractivity contribution in [3.8, 4) is 0 Å². The van der Waals surface area contributed by atoms with Crippen LogP contribution in [0.4, 0.5) is 0 Å². The number of nitrogens with one attached hydrogen (secondary N) is 3. The zero-order valence-electron chi connectivity index (χ0n) is 25.5. The van der Waals surface area contributed by atoms with Gasteiger partial charge in [-0.15, -0.1) is 0 Å². The molecule has 0 saturated carbocycles. The van der Waals surface area contributed by atoms with Crippen molar-refractivity contribution < 1.29 is 23.9 Å². The number of fused-ring (bicyclic) bond motifs is 2. The van der Waals surface area contributed by atoms with Gasteiger partial charge in [0.15, 0.2) is 17.3 Å². The number of carbonyl (C=O) groups excluding carboxylic acids is 3. The molecular weight excluding hydrogens is 548 g/mol. The van der Waals surface area contributed by atoms with E-state index < -0.39 is 28.7 Å². The molecule has 0 aromatic heterocycles. The number of hydrogen-bond donors (Lipinski definition) is 5. The van der Waals surface area contributed by atoms with E-state index in [1.807, 2.05) is 32.2 Å². The van der Waals surface area contributed by atoms with Crippen LogP contribution in [0.2, 0.25) is 0 Å². The van der Waals surface area contributed by atoms with E-state index in [4.69, 9.17) is 20.9 Å². The first-order valence-corrected chi connectivity index (χ1v) is 14.9. The van der Waals surface area contributed by atoms with Crippen molar-refractivity contribution in [1.82, 2.24) is 16.0 Å². The largest absolute Gasteiger partial charge is 0.463 e. The topological polar surface area (TPSA) is 173 Å². The molecule has 2 aliphatic heterocycles. The summed E-state index contributed by atoms with van der Waals surface area (Å²) in [5.41, 5.74) is 10.6. The monoisotopic (exact) mass is 592 g/mol. The highest BCUT2D eigenvalue weighted by atomic mass is 16.7. The quantitative estimate of drug-likeness (QED) is 0.0538. The summed E-state index contributed by atoms with van der Waals surface area (Å²) in [4.78, 5) is 45.5.